The highest BCUT2D eigenvalue weighted by molar-refractivity contribution is 6.33. The summed E-state index contributed by atoms with van der Waals surface area (Å²) >= 11 is 5.91. The van der Waals surface area contributed by atoms with Gasteiger partial charge < -0.3 is 10.4 Å². The van der Waals surface area contributed by atoms with Crippen LogP contribution in [0.1, 0.15) is 19.3 Å². The fourth-order valence-electron chi connectivity index (χ4n) is 1.78. The van der Waals surface area contributed by atoms with Gasteiger partial charge in [-0.3, -0.25) is 10.1 Å². The number of non-ortho nitro benzene ring substituents is 1. The van der Waals surface area contributed by atoms with E-state index in [2.05, 4.69) is 5.32 Å². The summed E-state index contributed by atoms with van der Waals surface area (Å²) in [7, 11) is 0. The van der Waals surface area contributed by atoms with Crippen LogP contribution in [-0.2, 0) is 0 Å². The van der Waals surface area contributed by atoms with Gasteiger partial charge in [0.05, 0.1) is 21.2 Å². The molecule has 1 saturated carbocycles. The third-order valence-corrected chi connectivity index (χ3v) is 3.37. The predicted molar refractivity (Wildman–Crippen MR) is 65.4 cm³/mol. The summed E-state index contributed by atoms with van der Waals surface area (Å²) in [6, 6.07) is 4.25. The molecule has 0 aliphatic heterocycles. The Morgan fingerprint density at radius 2 is 2.24 bits per heavy atom. The lowest BCUT2D eigenvalue weighted by Crippen LogP contribution is -2.43. The molecular formula is C11H13ClN2O3. The third-order valence-electron chi connectivity index (χ3n) is 3.06. The minimum Gasteiger partial charge on any atom is -0.388 e. The monoisotopic (exact) mass is 256 g/mol. The Hall–Kier alpha value is -1.33. The van der Waals surface area contributed by atoms with E-state index < -0.39 is 10.5 Å². The van der Waals surface area contributed by atoms with Crippen LogP contribution < -0.4 is 5.32 Å². The summed E-state index contributed by atoms with van der Waals surface area (Å²) in [5.74, 6) is 0. The Kier molecular flexibility index (Phi) is 3.22. The van der Waals surface area contributed by atoms with Gasteiger partial charge in [-0.25, -0.2) is 0 Å². The first-order chi connectivity index (χ1) is 8.00. The van der Waals surface area contributed by atoms with Gasteiger partial charge in [-0.1, -0.05) is 11.6 Å². The summed E-state index contributed by atoms with van der Waals surface area (Å²) < 4.78 is 0. The largest absolute Gasteiger partial charge is 0.388 e. The number of hydrogen-bond acceptors (Lipinski definition) is 4. The van der Waals surface area contributed by atoms with Gasteiger partial charge in [0.2, 0.25) is 0 Å². The SMILES string of the molecule is O=[N+]([O-])c1ccc(NCC2(O)CCC2)c(Cl)c1. The fraction of sp³-hybridized carbons (Fsp3) is 0.455. The molecule has 1 aliphatic rings. The lowest BCUT2D eigenvalue weighted by molar-refractivity contribution is -0.384. The second kappa shape index (κ2) is 4.50. The smallest absolute Gasteiger partial charge is 0.271 e. The topological polar surface area (TPSA) is 75.4 Å². The van der Waals surface area contributed by atoms with Gasteiger partial charge in [0.1, 0.15) is 0 Å². The molecule has 0 saturated heterocycles. The highest BCUT2D eigenvalue weighted by Crippen LogP contribution is 2.33. The molecule has 1 aromatic carbocycles. The van der Waals surface area contributed by atoms with Gasteiger partial charge in [0, 0.05) is 18.7 Å². The van der Waals surface area contributed by atoms with Gasteiger partial charge in [0.25, 0.3) is 5.69 Å². The quantitative estimate of drug-likeness (QED) is 0.641. The zero-order chi connectivity index (χ0) is 12.5. The zero-order valence-electron chi connectivity index (χ0n) is 9.15. The first-order valence-corrected chi connectivity index (χ1v) is 5.78. The molecule has 0 atom stereocenters. The second-order valence-electron chi connectivity index (χ2n) is 4.35. The zero-order valence-corrected chi connectivity index (χ0v) is 9.91. The van der Waals surface area contributed by atoms with Crippen LogP contribution in [0.3, 0.4) is 0 Å². The highest BCUT2D eigenvalue weighted by atomic mass is 35.5. The standard InChI is InChI=1S/C11H13ClN2O3/c12-9-6-8(14(16)17)2-3-10(9)13-7-11(15)4-1-5-11/h2-3,6,13,15H,1,4-5,7H2. The minimum absolute atomic E-state index is 0.0390. The van der Waals surface area contributed by atoms with Crippen LogP contribution in [0.15, 0.2) is 18.2 Å². The van der Waals surface area contributed by atoms with Gasteiger partial charge >= 0.3 is 0 Å². The van der Waals surface area contributed by atoms with E-state index in [1.807, 2.05) is 0 Å². The summed E-state index contributed by atoms with van der Waals surface area (Å²) in [6.45, 7) is 0.421. The molecule has 1 aliphatic carbocycles. The van der Waals surface area contributed by atoms with Crippen molar-refractivity contribution < 1.29 is 10.0 Å². The summed E-state index contributed by atoms with van der Waals surface area (Å²) in [4.78, 5) is 10.0. The van der Waals surface area contributed by atoms with Crippen LogP contribution in [0.25, 0.3) is 0 Å². The van der Waals surface area contributed by atoms with Crippen LogP contribution >= 0.6 is 11.6 Å². The molecule has 0 spiro atoms. The fourth-order valence-corrected chi connectivity index (χ4v) is 2.02. The predicted octanol–water partition coefficient (Wildman–Crippen LogP) is 2.58. The van der Waals surface area contributed by atoms with Crippen LogP contribution in [0.2, 0.25) is 5.02 Å². The van der Waals surface area contributed by atoms with Crippen molar-refractivity contribution in [2.75, 3.05) is 11.9 Å². The summed E-state index contributed by atoms with van der Waals surface area (Å²) in [6.07, 6.45) is 2.60. The molecule has 1 fully saturated rings. The lowest BCUT2D eigenvalue weighted by atomic mass is 9.80. The Morgan fingerprint density at radius 3 is 2.71 bits per heavy atom. The van der Waals surface area contributed by atoms with Crippen molar-refractivity contribution in [3.63, 3.8) is 0 Å². The maximum atomic E-state index is 10.5. The number of nitro benzene ring substituents is 1. The molecule has 0 bridgehead atoms. The normalized spacial score (nSPS) is 17.3. The molecule has 17 heavy (non-hydrogen) atoms. The minimum atomic E-state index is -0.648. The number of nitrogens with one attached hydrogen (secondary N) is 1. The Labute approximate surface area is 104 Å². The van der Waals surface area contributed by atoms with Crippen molar-refractivity contribution in [3.05, 3.63) is 33.3 Å². The molecule has 0 radical (unpaired) electrons. The Bertz CT molecular complexity index is 446. The van der Waals surface area contributed by atoms with E-state index in [1.54, 1.807) is 6.07 Å². The van der Waals surface area contributed by atoms with Gasteiger partial charge in [-0.15, -0.1) is 0 Å². The number of aliphatic hydroxyl groups is 1. The highest BCUT2D eigenvalue weighted by Gasteiger charge is 2.34. The number of rotatable bonds is 4. The van der Waals surface area contributed by atoms with E-state index in [9.17, 15) is 15.2 Å². The maximum Gasteiger partial charge on any atom is 0.271 e. The molecule has 0 heterocycles. The van der Waals surface area contributed by atoms with E-state index in [0.717, 1.165) is 19.3 Å². The van der Waals surface area contributed by atoms with Gasteiger partial charge in [0.15, 0.2) is 0 Å². The van der Waals surface area contributed by atoms with E-state index >= 15 is 0 Å². The van der Waals surface area contributed by atoms with E-state index in [-0.39, 0.29) is 5.69 Å². The Morgan fingerprint density at radius 1 is 1.53 bits per heavy atom. The molecule has 6 heteroatoms. The van der Waals surface area contributed by atoms with Crippen molar-refractivity contribution in [2.24, 2.45) is 0 Å². The first kappa shape index (κ1) is 12.1. The van der Waals surface area contributed by atoms with Crippen molar-refractivity contribution in [2.45, 2.75) is 24.9 Å². The molecule has 2 N–H and O–H groups in total. The maximum absolute atomic E-state index is 10.5. The molecule has 92 valence electrons. The van der Waals surface area contributed by atoms with Crippen molar-refractivity contribution in [1.29, 1.82) is 0 Å². The van der Waals surface area contributed by atoms with Crippen LogP contribution in [-0.4, -0.2) is 22.2 Å². The number of benzene rings is 1. The van der Waals surface area contributed by atoms with E-state index in [1.165, 1.54) is 12.1 Å². The van der Waals surface area contributed by atoms with E-state index in [0.29, 0.717) is 17.3 Å². The molecule has 0 amide bonds. The van der Waals surface area contributed by atoms with Crippen LogP contribution in [0.5, 0.6) is 0 Å². The first-order valence-electron chi connectivity index (χ1n) is 5.40. The number of hydrogen-bond donors (Lipinski definition) is 2. The third kappa shape index (κ3) is 2.68. The molecule has 5 nitrogen and oxygen atoms in total. The molecule has 0 unspecified atom stereocenters. The second-order valence-corrected chi connectivity index (χ2v) is 4.76. The lowest BCUT2D eigenvalue weighted by Gasteiger charge is -2.36. The molecule has 0 aromatic heterocycles. The van der Waals surface area contributed by atoms with E-state index in [4.69, 9.17) is 11.6 Å². The van der Waals surface area contributed by atoms with Crippen molar-refractivity contribution >= 4 is 23.0 Å². The molecule has 2 rings (SSSR count). The molecular weight excluding hydrogens is 244 g/mol. The summed E-state index contributed by atoms with van der Waals surface area (Å²) in [5, 5.41) is 23.7. The Balaban J connectivity index is 2.03. The number of nitro groups is 1. The molecule has 1 aromatic rings. The van der Waals surface area contributed by atoms with Crippen molar-refractivity contribution in [3.8, 4) is 0 Å². The number of anilines is 1. The average molecular weight is 257 g/mol. The van der Waals surface area contributed by atoms with Gasteiger partial charge in [-0.2, -0.15) is 0 Å². The van der Waals surface area contributed by atoms with Crippen molar-refractivity contribution in [1.82, 2.24) is 0 Å². The van der Waals surface area contributed by atoms with Gasteiger partial charge in [-0.05, 0) is 25.3 Å². The number of halogens is 1. The van der Waals surface area contributed by atoms with Crippen LogP contribution in [0.4, 0.5) is 11.4 Å². The van der Waals surface area contributed by atoms with Crippen LogP contribution in [0, 0.1) is 10.1 Å². The summed E-state index contributed by atoms with van der Waals surface area (Å²) in [5.41, 5.74) is -0.0778. The average Bonchev–Trinajstić information content (AvgIpc) is 2.24. The number of nitrogens with zero attached hydrogens (tertiary/aromatic N) is 1.